The molecule has 3 atom stereocenters. The first-order chi connectivity index (χ1) is 3.71. The SMILES string of the molecule is O[C@@H]1C[C@@H]2C[C@]2(Br)C1. The zero-order valence-corrected chi connectivity index (χ0v) is 6.19. The van der Waals surface area contributed by atoms with Gasteiger partial charge < -0.3 is 5.11 Å². The third-order valence-electron chi connectivity index (χ3n) is 2.29. The van der Waals surface area contributed by atoms with Gasteiger partial charge in [0.25, 0.3) is 0 Å². The van der Waals surface area contributed by atoms with Gasteiger partial charge in [-0.2, -0.15) is 0 Å². The van der Waals surface area contributed by atoms with Gasteiger partial charge in [-0.1, -0.05) is 15.9 Å². The van der Waals surface area contributed by atoms with E-state index in [0.29, 0.717) is 4.32 Å². The van der Waals surface area contributed by atoms with Crippen LogP contribution in [-0.4, -0.2) is 15.5 Å². The lowest BCUT2D eigenvalue weighted by atomic mass is 10.2. The highest BCUT2D eigenvalue weighted by Crippen LogP contribution is 2.61. The van der Waals surface area contributed by atoms with Gasteiger partial charge in [0.05, 0.1) is 6.10 Å². The smallest absolute Gasteiger partial charge is 0.0556 e. The molecule has 2 saturated carbocycles. The Bertz CT molecular complexity index is 126. The Morgan fingerprint density at radius 1 is 1.50 bits per heavy atom. The van der Waals surface area contributed by atoms with Crippen LogP contribution in [0.5, 0.6) is 0 Å². The molecule has 0 aromatic carbocycles. The normalized spacial score (nSPS) is 60.8. The second-order valence-corrected chi connectivity index (χ2v) is 4.61. The van der Waals surface area contributed by atoms with Crippen LogP contribution in [0.2, 0.25) is 0 Å². The average molecular weight is 177 g/mol. The van der Waals surface area contributed by atoms with Gasteiger partial charge in [-0.3, -0.25) is 0 Å². The Morgan fingerprint density at radius 3 is 2.50 bits per heavy atom. The number of fused-ring (bicyclic) bond motifs is 1. The topological polar surface area (TPSA) is 20.2 Å². The quantitative estimate of drug-likeness (QED) is 0.553. The molecular weight excluding hydrogens is 168 g/mol. The molecule has 0 aromatic heterocycles. The first kappa shape index (κ1) is 5.24. The van der Waals surface area contributed by atoms with Crippen molar-refractivity contribution < 1.29 is 5.11 Å². The molecule has 0 aliphatic heterocycles. The summed E-state index contributed by atoms with van der Waals surface area (Å²) in [6.45, 7) is 0. The van der Waals surface area contributed by atoms with Gasteiger partial charge in [0.15, 0.2) is 0 Å². The summed E-state index contributed by atoms with van der Waals surface area (Å²) in [6, 6.07) is 0. The van der Waals surface area contributed by atoms with Gasteiger partial charge in [0, 0.05) is 4.32 Å². The summed E-state index contributed by atoms with van der Waals surface area (Å²) < 4.78 is 0.395. The summed E-state index contributed by atoms with van der Waals surface area (Å²) in [6.07, 6.45) is 3.31. The number of halogens is 1. The fraction of sp³-hybridized carbons (Fsp3) is 1.00. The van der Waals surface area contributed by atoms with Crippen molar-refractivity contribution in [3.63, 3.8) is 0 Å². The van der Waals surface area contributed by atoms with Crippen molar-refractivity contribution in [3.05, 3.63) is 0 Å². The fourth-order valence-corrected chi connectivity index (χ4v) is 2.65. The molecule has 1 nitrogen and oxygen atoms in total. The first-order valence-corrected chi connectivity index (χ1v) is 3.87. The molecule has 0 amide bonds. The van der Waals surface area contributed by atoms with E-state index in [-0.39, 0.29) is 6.10 Å². The van der Waals surface area contributed by atoms with Crippen LogP contribution in [-0.2, 0) is 0 Å². The van der Waals surface area contributed by atoms with Crippen molar-refractivity contribution >= 4 is 15.9 Å². The van der Waals surface area contributed by atoms with E-state index < -0.39 is 0 Å². The molecule has 2 fully saturated rings. The average Bonchev–Trinajstić information content (AvgIpc) is 2.07. The molecule has 0 aromatic rings. The molecule has 0 spiro atoms. The Kier molecular flexibility index (Phi) is 0.848. The Morgan fingerprint density at radius 2 is 2.25 bits per heavy atom. The molecule has 0 saturated heterocycles. The van der Waals surface area contributed by atoms with Crippen LogP contribution >= 0.6 is 15.9 Å². The minimum atomic E-state index is -0.00637. The van der Waals surface area contributed by atoms with Crippen LogP contribution in [0.15, 0.2) is 0 Å². The van der Waals surface area contributed by atoms with E-state index in [2.05, 4.69) is 15.9 Å². The lowest BCUT2D eigenvalue weighted by Crippen LogP contribution is -2.05. The van der Waals surface area contributed by atoms with Gasteiger partial charge >= 0.3 is 0 Å². The van der Waals surface area contributed by atoms with E-state index in [1.165, 1.54) is 6.42 Å². The van der Waals surface area contributed by atoms with Crippen molar-refractivity contribution in [1.82, 2.24) is 0 Å². The summed E-state index contributed by atoms with van der Waals surface area (Å²) in [5.41, 5.74) is 0. The standard InChI is InChI=1S/C6H9BrO/c7-6-2-4(6)1-5(8)3-6/h4-5,8H,1-3H2/t4-,5-,6+/m1/s1. The molecule has 0 radical (unpaired) electrons. The molecule has 2 aliphatic rings. The summed E-state index contributed by atoms with van der Waals surface area (Å²) in [7, 11) is 0. The van der Waals surface area contributed by atoms with Crippen LogP contribution in [0.25, 0.3) is 0 Å². The van der Waals surface area contributed by atoms with Crippen LogP contribution in [0.3, 0.4) is 0 Å². The van der Waals surface area contributed by atoms with Crippen molar-refractivity contribution in [2.24, 2.45) is 5.92 Å². The molecular formula is C6H9BrO. The van der Waals surface area contributed by atoms with Crippen molar-refractivity contribution in [2.45, 2.75) is 29.7 Å². The van der Waals surface area contributed by atoms with Gasteiger partial charge in [-0.25, -0.2) is 0 Å². The predicted molar refractivity (Wildman–Crippen MR) is 35.0 cm³/mol. The molecule has 8 heavy (non-hydrogen) atoms. The van der Waals surface area contributed by atoms with Gasteiger partial charge in [-0.05, 0) is 25.2 Å². The maximum atomic E-state index is 9.07. The minimum Gasteiger partial charge on any atom is -0.393 e. The highest BCUT2D eigenvalue weighted by Gasteiger charge is 2.58. The van der Waals surface area contributed by atoms with Crippen LogP contribution in [0.1, 0.15) is 19.3 Å². The summed E-state index contributed by atoms with van der Waals surface area (Å²) in [4.78, 5) is 0. The molecule has 2 heteroatoms. The van der Waals surface area contributed by atoms with Crippen molar-refractivity contribution in [2.75, 3.05) is 0 Å². The largest absolute Gasteiger partial charge is 0.393 e. The van der Waals surface area contributed by atoms with E-state index in [4.69, 9.17) is 5.11 Å². The molecule has 2 aliphatic carbocycles. The van der Waals surface area contributed by atoms with Crippen molar-refractivity contribution in [3.8, 4) is 0 Å². The van der Waals surface area contributed by atoms with Crippen LogP contribution in [0.4, 0.5) is 0 Å². The third kappa shape index (κ3) is 0.560. The van der Waals surface area contributed by atoms with Crippen molar-refractivity contribution in [1.29, 1.82) is 0 Å². The zero-order valence-electron chi connectivity index (χ0n) is 4.60. The highest BCUT2D eigenvalue weighted by atomic mass is 79.9. The predicted octanol–water partition coefficient (Wildman–Crippen LogP) is 1.29. The maximum Gasteiger partial charge on any atom is 0.0556 e. The number of hydrogen-bond acceptors (Lipinski definition) is 1. The number of rotatable bonds is 0. The van der Waals surface area contributed by atoms with Gasteiger partial charge in [0.2, 0.25) is 0 Å². The van der Waals surface area contributed by atoms with E-state index >= 15 is 0 Å². The second-order valence-electron chi connectivity index (χ2n) is 3.03. The summed E-state index contributed by atoms with van der Waals surface area (Å²) in [5.74, 6) is 0.803. The van der Waals surface area contributed by atoms with Gasteiger partial charge in [0.1, 0.15) is 0 Å². The second kappa shape index (κ2) is 1.29. The van der Waals surface area contributed by atoms with Crippen LogP contribution < -0.4 is 0 Å². The highest BCUT2D eigenvalue weighted by molar-refractivity contribution is 9.10. The molecule has 2 rings (SSSR count). The van der Waals surface area contributed by atoms with E-state index in [1.807, 2.05) is 0 Å². The molecule has 1 N–H and O–H groups in total. The minimum absolute atomic E-state index is 0.00637. The summed E-state index contributed by atoms with van der Waals surface area (Å²) in [5, 5.41) is 9.07. The monoisotopic (exact) mass is 176 g/mol. The maximum absolute atomic E-state index is 9.07. The Labute approximate surface area is 57.2 Å². The molecule has 0 bridgehead atoms. The zero-order chi connectivity index (χ0) is 5.78. The number of aliphatic hydroxyl groups excluding tert-OH is 1. The van der Waals surface area contributed by atoms with Crippen LogP contribution in [0, 0.1) is 5.92 Å². The van der Waals surface area contributed by atoms with Gasteiger partial charge in [-0.15, -0.1) is 0 Å². The lowest BCUT2D eigenvalue weighted by molar-refractivity contribution is 0.170. The number of alkyl halides is 1. The van der Waals surface area contributed by atoms with E-state index in [1.54, 1.807) is 0 Å². The lowest BCUT2D eigenvalue weighted by Gasteiger charge is -2.02. The van der Waals surface area contributed by atoms with E-state index in [9.17, 15) is 0 Å². The number of hydrogen-bond donors (Lipinski definition) is 1. The third-order valence-corrected chi connectivity index (χ3v) is 3.58. The Balaban J connectivity index is 2.10. The molecule has 0 heterocycles. The fourth-order valence-electron chi connectivity index (χ4n) is 1.70. The summed E-state index contributed by atoms with van der Waals surface area (Å²) >= 11 is 3.60. The molecule has 0 unspecified atom stereocenters. The first-order valence-electron chi connectivity index (χ1n) is 3.08. The Hall–Kier alpha value is 0.440. The number of aliphatic hydroxyl groups is 1. The van der Waals surface area contributed by atoms with E-state index in [0.717, 1.165) is 18.8 Å². The molecule has 46 valence electrons.